The summed E-state index contributed by atoms with van der Waals surface area (Å²) < 4.78 is 76.6. The molecule has 0 amide bonds. The van der Waals surface area contributed by atoms with Crippen LogP contribution in [0.3, 0.4) is 0 Å². The Kier molecular flexibility index (Phi) is 7.16. The van der Waals surface area contributed by atoms with Gasteiger partial charge in [-0.05, 0) is 28.5 Å². The fourth-order valence-electron chi connectivity index (χ4n) is 4.53. The lowest BCUT2D eigenvalue weighted by Gasteiger charge is -2.23. The molecule has 0 heterocycles. The van der Waals surface area contributed by atoms with Crippen LogP contribution in [-0.4, -0.2) is 23.8 Å². The van der Waals surface area contributed by atoms with Gasteiger partial charge in [0.1, 0.15) is 12.0 Å². The summed E-state index contributed by atoms with van der Waals surface area (Å²) in [6, 6.07) is 16.9. The van der Waals surface area contributed by atoms with Gasteiger partial charge in [-0.15, -0.1) is 6.58 Å². The lowest BCUT2D eigenvalue weighted by atomic mass is 9.96. The summed E-state index contributed by atoms with van der Waals surface area (Å²) in [6.07, 6.45) is -7.92. The predicted octanol–water partition coefficient (Wildman–Crippen LogP) is 6.89. The van der Waals surface area contributed by atoms with Gasteiger partial charge in [0.15, 0.2) is 0 Å². The standard InChI is InChI=1S/C25H24ClF5O3/c1-4-23(19(22(23,2)3)25(30,31)34-20(26)24(27,28)29)21(32)33-15-18-12-8-11-17(14-18)13-16-9-6-5-7-10-16/h4-12,14,19-20H,1,13,15H2,2-3H3. The first-order valence-electron chi connectivity index (χ1n) is 10.4. The SMILES string of the molecule is C=CC1(C(=O)OCc2cccc(Cc3ccccc3)c2)C(C(F)(F)OC(Cl)C(F)(F)F)C1(C)C. The maximum Gasteiger partial charge on any atom is 0.428 e. The van der Waals surface area contributed by atoms with E-state index in [2.05, 4.69) is 11.3 Å². The van der Waals surface area contributed by atoms with Crippen LogP contribution in [0.2, 0.25) is 0 Å². The Labute approximate surface area is 199 Å². The van der Waals surface area contributed by atoms with Gasteiger partial charge < -0.3 is 4.74 Å². The Hall–Kier alpha value is -2.45. The van der Waals surface area contributed by atoms with Crippen LogP contribution in [-0.2, 0) is 27.3 Å². The Morgan fingerprint density at radius 2 is 1.65 bits per heavy atom. The summed E-state index contributed by atoms with van der Waals surface area (Å²) in [4.78, 5) is 12.9. The zero-order valence-electron chi connectivity index (χ0n) is 18.5. The van der Waals surface area contributed by atoms with Gasteiger partial charge in [0, 0.05) is 0 Å². The second-order valence-corrected chi connectivity index (χ2v) is 9.22. The van der Waals surface area contributed by atoms with Crippen LogP contribution < -0.4 is 0 Å². The molecule has 1 saturated carbocycles. The first kappa shape index (κ1) is 26.2. The fourth-order valence-corrected chi connectivity index (χ4v) is 4.65. The summed E-state index contributed by atoms with van der Waals surface area (Å²) >= 11 is 4.97. The first-order valence-corrected chi connectivity index (χ1v) is 10.9. The van der Waals surface area contributed by atoms with Gasteiger partial charge in [-0.25, -0.2) is 0 Å². The van der Waals surface area contributed by atoms with Crippen molar-refractivity contribution >= 4 is 17.6 Å². The lowest BCUT2D eigenvalue weighted by Crippen LogP contribution is -2.38. The van der Waals surface area contributed by atoms with Gasteiger partial charge >= 0.3 is 18.3 Å². The molecule has 9 heteroatoms. The van der Waals surface area contributed by atoms with Crippen molar-refractivity contribution in [3.05, 3.63) is 83.9 Å². The largest absolute Gasteiger partial charge is 0.460 e. The molecule has 3 atom stereocenters. The molecule has 3 unspecified atom stereocenters. The molecule has 3 rings (SSSR count). The molecule has 0 radical (unpaired) electrons. The van der Waals surface area contributed by atoms with E-state index in [9.17, 15) is 26.7 Å². The van der Waals surface area contributed by atoms with Gasteiger partial charge in [0.05, 0.1) is 5.92 Å². The molecule has 34 heavy (non-hydrogen) atoms. The van der Waals surface area contributed by atoms with Crippen LogP contribution in [0.25, 0.3) is 0 Å². The van der Waals surface area contributed by atoms with Crippen molar-refractivity contribution < 1.29 is 36.2 Å². The highest BCUT2D eigenvalue weighted by molar-refractivity contribution is 6.20. The van der Waals surface area contributed by atoms with E-state index in [1.54, 1.807) is 12.1 Å². The number of ether oxygens (including phenoxy) is 2. The number of carbonyl (C=O) groups excluding carboxylic acids is 1. The van der Waals surface area contributed by atoms with Gasteiger partial charge in [0.2, 0.25) is 5.56 Å². The summed E-state index contributed by atoms with van der Waals surface area (Å²) in [7, 11) is 0. The average Bonchev–Trinajstić information content (AvgIpc) is 3.29. The van der Waals surface area contributed by atoms with Crippen molar-refractivity contribution in [1.82, 2.24) is 0 Å². The normalized spacial score (nSPS) is 22.6. The zero-order chi connectivity index (χ0) is 25.4. The van der Waals surface area contributed by atoms with E-state index in [1.165, 1.54) is 13.8 Å². The molecule has 2 aromatic carbocycles. The van der Waals surface area contributed by atoms with Gasteiger partial charge in [-0.3, -0.25) is 9.53 Å². The first-order chi connectivity index (χ1) is 15.8. The number of esters is 1. The van der Waals surface area contributed by atoms with Crippen molar-refractivity contribution in [2.24, 2.45) is 16.7 Å². The van der Waals surface area contributed by atoms with Crippen LogP contribution in [0.1, 0.15) is 30.5 Å². The third kappa shape index (κ3) is 4.98. The van der Waals surface area contributed by atoms with Crippen LogP contribution >= 0.6 is 11.6 Å². The van der Waals surface area contributed by atoms with E-state index in [0.29, 0.717) is 12.0 Å². The quantitative estimate of drug-likeness (QED) is 0.162. The monoisotopic (exact) mass is 502 g/mol. The molecular weight excluding hydrogens is 479 g/mol. The second-order valence-electron chi connectivity index (χ2n) is 8.82. The minimum absolute atomic E-state index is 0.201. The smallest absolute Gasteiger partial charge is 0.428 e. The number of halogens is 6. The highest BCUT2D eigenvalue weighted by Crippen LogP contribution is 2.75. The molecule has 0 aliphatic heterocycles. The number of hydrogen-bond donors (Lipinski definition) is 0. The van der Waals surface area contributed by atoms with Crippen molar-refractivity contribution in [3.8, 4) is 0 Å². The molecule has 0 spiro atoms. The molecule has 1 fully saturated rings. The topological polar surface area (TPSA) is 35.5 Å². The van der Waals surface area contributed by atoms with Crippen molar-refractivity contribution in [3.63, 3.8) is 0 Å². The van der Waals surface area contributed by atoms with E-state index in [4.69, 9.17) is 16.3 Å². The molecule has 1 aliphatic rings. The Morgan fingerprint density at radius 1 is 1.06 bits per heavy atom. The maximum absolute atomic E-state index is 14.7. The highest BCUT2D eigenvalue weighted by atomic mass is 35.5. The molecule has 0 aromatic heterocycles. The number of hydrogen-bond acceptors (Lipinski definition) is 3. The molecule has 0 saturated heterocycles. The van der Waals surface area contributed by atoms with E-state index in [1.807, 2.05) is 42.5 Å². The zero-order valence-corrected chi connectivity index (χ0v) is 19.3. The van der Waals surface area contributed by atoms with E-state index < -0.39 is 40.6 Å². The Morgan fingerprint density at radius 3 is 2.24 bits per heavy atom. The number of carbonyl (C=O) groups is 1. The number of rotatable bonds is 9. The van der Waals surface area contributed by atoms with Crippen LogP contribution in [0.5, 0.6) is 0 Å². The highest BCUT2D eigenvalue weighted by Gasteiger charge is 2.83. The van der Waals surface area contributed by atoms with Crippen LogP contribution in [0, 0.1) is 16.7 Å². The third-order valence-corrected chi connectivity index (χ3v) is 6.62. The van der Waals surface area contributed by atoms with Crippen molar-refractivity contribution in [2.45, 2.75) is 44.7 Å². The second kappa shape index (κ2) is 9.30. The summed E-state index contributed by atoms with van der Waals surface area (Å²) in [5.74, 6) is -2.96. The summed E-state index contributed by atoms with van der Waals surface area (Å²) in [5, 5.41) is 0. The van der Waals surface area contributed by atoms with Crippen LogP contribution in [0.15, 0.2) is 67.3 Å². The third-order valence-electron chi connectivity index (χ3n) is 6.29. The molecule has 2 aromatic rings. The molecule has 1 aliphatic carbocycles. The Bertz CT molecular complexity index is 1040. The molecular formula is C25H24ClF5O3. The minimum Gasteiger partial charge on any atom is -0.460 e. The van der Waals surface area contributed by atoms with E-state index in [-0.39, 0.29) is 6.61 Å². The van der Waals surface area contributed by atoms with Gasteiger partial charge in [0.25, 0.3) is 0 Å². The maximum atomic E-state index is 14.7. The van der Waals surface area contributed by atoms with Gasteiger partial charge in [-0.1, -0.05) is 86.1 Å². The molecule has 0 N–H and O–H groups in total. The lowest BCUT2D eigenvalue weighted by molar-refractivity contribution is -0.316. The van der Waals surface area contributed by atoms with E-state index in [0.717, 1.165) is 17.2 Å². The Balaban J connectivity index is 1.72. The summed E-state index contributed by atoms with van der Waals surface area (Å²) in [6.45, 7) is 5.90. The van der Waals surface area contributed by atoms with Gasteiger partial charge in [-0.2, -0.15) is 22.0 Å². The van der Waals surface area contributed by atoms with Crippen LogP contribution in [0.4, 0.5) is 22.0 Å². The molecule has 3 nitrogen and oxygen atoms in total. The molecule has 184 valence electrons. The van der Waals surface area contributed by atoms with E-state index >= 15 is 0 Å². The predicted molar refractivity (Wildman–Crippen MR) is 117 cm³/mol. The van der Waals surface area contributed by atoms with Crippen molar-refractivity contribution in [1.29, 1.82) is 0 Å². The number of alkyl halides is 6. The number of benzene rings is 2. The molecule has 0 bridgehead atoms. The minimum atomic E-state index is -5.20. The fraction of sp³-hybridized carbons (Fsp3) is 0.400. The summed E-state index contributed by atoms with van der Waals surface area (Å²) in [5.41, 5.74) is -3.97. The van der Waals surface area contributed by atoms with Crippen molar-refractivity contribution in [2.75, 3.05) is 0 Å². The average molecular weight is 503 g/mol.